The van der Waals surface area contributed by atoms with Crippen molar-refractivity contribution < 1.29 is 9.59 Å². The zero-order valence-electron chi connectivity index (χ0n) is 11.4. The maximum atomic E-state index is 11.7. The van der Waals surface area contributed by atoms with Crippen LogP contribution in [-0.4, -0.2) is 22.9 Å². The maximum absolute atomic E-state index is 11.7. The number of primary amides is 1. The van der Waals surface area contributed by atoms with Gasteiger partial charge in [-0.25, -0.2) is 0 Å². The first-order chi connectivity index (χ1) is 9.60. The first-order valence-corrected chi connectivity index (χ1v) is 7.09. The second-order valence-corrected chi connectivity index (χ2v) is 5.79. The number of hydrogen-bond donors (Lipinski definition) is 1. The lowest BCUT2D eigenvalue weighted by Gasteiger charge is -2.32. The Morgan fingerprint density at radius 1 is 1.20 bits per heavy atom. The third-order valence-corrected chi connectivity index (χ3v) is 4.36. The van der Waals surface area contributed by atoms with Crippen LogP contribution in [0.1, 0.15) is 43.2 Å². The molecule has 1 aromatic rings. The second kappa shape index (κ2) is 4.85. The van der Waals surface area contributed by atoms with Gasteiger partial charge in [0.1, 0.15) is 0 Å². The van der Waals surface area contributed by atoms with Crippen molar-refractivity contribution in [1.82, 2.24) is 0 Å². The molecule has 1 fully saturated rings. The van der Waals surface area contributed by atoms with E-state index in [9.17, 15) is 9.59 Å². The SMILES string of the molecule is NC(=O)C(=O)CC1=NC2(CCCC2)Cc2ccccc21. The Morgan fingerprint density at radius 2 is 1.90 bits per heavy atom. The predicted molar refractivity (Wildman–Crippen MR) is 76.7 cm³/mol. The van der Waals surface area contributed by atoms with Crippen molar-refractivity contribution in [3.63, 3.8) is 0 Å². The number of aliphatic imine (C=N–C) groups is 1. The van der Waals surface area contributed by atoms with Crippen LogP contribution in [0.5, 0.6) is 0 Å². The van der Waals surface area contributed by atoms with Gasteiger partial charge in [-0.2, -0.15) is 0 Å². The third kappa shape index (κ3) is 2.26. The van der Waals surface area contributed by atoms with E-state index in [2.05, 4.69) is 6.07 Å². The molecule has 0 unspecified atom stereocenters. The minimum Gasteiger partial charge on any atom is -0.363 e. The second-order valence-electron chi connectivity index (χ2n) is 5.79. The highest BCUT2D eigenvalue weighted by molar-refractivity contribution is 6.40. The van der Waals surface area contributed by atoms with Gasteiger partial charge in [-0.15, -0.1) is 0 Å². The summed E-state index contributed by atoms with van der Waals surface area (Å²) >= 11 is 0. The number of fused-ring (bicyclic) bond motifs is 1. The average molecular weight is 270 g/mol. The van der Waals surface area contributed by atoms with Crippen molar-refractivity contribution in [2.45, 2.75) is 44.1 Å². The number of carbonyl (C=O) groups excluding carboxylic acids is 2. The molecule has 3 rings (SSSR count). The van der Waals surface area contributed by atoms with Crippen LogP contribution >= 0.6 is 0 Å². The summed E-state index contributed by atoms with van der Waals surface area (Å²) in [4.78, 5) is 27.5. The molecule has 4 nitrogen and oxygen atoms in total. The molecule has 0 saturated heterocycles. The molecule has 2 aliphatic rings. The number of rotatable bonds is 3. The average Bonchev–Trinajstić information content (AvgIpc) is 2.86. The molecule has 1 aliphatic heterocycles. The summed E-state index contributed by atoms with van der Waals surface area (Å²) in [6, 6.07) is 8.03. The highest BCUT2D eigenvalue weighted by Crippen LogP contribution is 2.40. The number of carbonyl (C=O) groups is 2. The molecule has 0 bridgehead atoms. The van der Waals surface area contributed by atoms with Gasteiger partial charge in [-0.1, -0.05) is 37.1 Å². The Balaban J connectivity index is 2.00. The third-order valence-electron chi connectivity index (χ3n) is 4.36. The molecule has 1 saturated carbocycles. The smallest absolute Gasteiger partial charge is 0.285 e. The van der Waals surface area contributed by atoms with E-state index < -0.39 is 11.7 Å². The van der Waals surface area contributed by atoms with Crippen molar-refractivity contribution >= 4 is 17.4 Å². The normalized spacial score (nSPS) is 19.5. The lowest BCUT2D eigenvalue weighted by molar-refractivity contribution is -0.135. The molecule has 0 atom stereocenters. The largest absolute Gasteiger partial charge is 0.363 e. The summed E-state index contributed by atoms with van der Waals surface area (Å²) in [7, 11) is 0. The fourth-order valence-corrected chi connectivity index (χ4v) is 3.39. The van der Waals surface area contributed by atoms with Gasteiger partial charge in [0.25, 0.3) is 5.91 Å². The van der Waals surface area contributed by atoms with Gasteiger partial charge in [0.05, 0.1) is 17.7 Å². The molecule has 1 heterocycles. The van der Waals surface area contributed by atoms with Gasteiger partial charge >= 0.3 is 0 Å². The Bertz CT molecular complexity index is 598. The number of nitrogens with zero attached hydrogens (tertiary/aromatic N) is 1. The van der Waals surface area contributed by atoms with Gasteiger partial charge in [0.2, 0.25) is 5.78 Å². The van der Waals surface area contributed by atoms with E-state index >= 15 is 0 Å². The fourth-order valence-electron chi connectivity index (χ4n) is 3.39. The Morgan fingerprint density at radius 3 is 2.60 bits per heavy atom. The van der Waals surface area contributed by atoms with Crippen molar-refractivity contribution in [2.75, 3.05) is 0 Å². The Hall–Kier alpha value is -1.97. The Labute approximate surface area is 118 Å². The summed E-state index contributed by atoms with van der Waals surface area (Å²) in [6.07, 6.45) is 5.46. The molecule has 104 valence electrons. The molecular weight excluding hydrogens is 252 g/mol. The van der Waals surface area contributed by atoms with E-state index in [-0.39, 0.29) is 12.0 Å². The van der Waals surface area contributed by atoms with Gasteiger partial charge in [0.15, 0.2) is 0 Å². The maximum Gasteiger partial charge on any atom is 0.285 e. The highest BCUT2D eigenvalue weighted by atomic mass is 16.2. The van der Waals surface area contributed by atoms with Crippen LogP contribution in [0.15, 0.2) is 29.3 Å². The first kappa shape index (κ1) is 13.0. The van der Waals surface area contributed by atoms with Gasteiger partial charge in [-0.3, -0.25) is 14.6 Å². The van der Waals surface area contributed by atoms with E-state index in [0.29, 0.717) is 0 Å². The zero-order valence-corrected chi connectivity index (χ0v) is 11.4. The highest BCUT2D eigenvalue weighted by Gasteiger charge is 2.38. The number of hydrogen-bond acceptors (Lipinski definition) is 3. The number of Topliss-reactive ketones (excluding diaryl/α,β-unsaturated/α-hetero) is 1. The molecule has 0 radical (unpaired) electrons. The number of amides is 1. The van der Waals surface area contributed by atoms with Gasteiger partial charge in [-0.05, 0) is 30.4 Å². The van der Waals surface area contributed by atoms with E-state index in [0.717, 1.165) is 30.5 Å². The van der Waals surface area contributed by atoms with Gasteiger partial charge in [0, 0.05) is 0 Å². The van der Waals surface area contributed by atoms with Crippen LogP contribution in [0.4, 0.5) is 0 Å². The molecule has 1 aliphatic carbocycles. The molecule has 1 aromatic carbocycles. The molecule has 2 N–H and O–H groups in total. The van der Waals surface area contributed by atoms with Crippen LogP contribution < -0.4 is 5.73 Å². The van der Waals surface area contributed by atoms with Crippen molar-refractivity contribution in [3.05, 3.63) is 35.4 Å². The minimum absolute atomic E-state index is 0.0219. The van der Waals surface area contributed by atoms with Crippen LogP contribution in [0.2, 0.25) is 0 Å². The predicted octanol–water partition coefficient (Wildman–Crippen LogP) is 1.79. The van der Waals surface area contributed by atoms with E-state index in [4.69, 9.17) is 10.7 Å². The summed E-state index contributed by atoms with van der Waals surface area (Å²) in [5.41, 5.74) is 7.99. The lowest BCUT2D eigenvalue weighted by Crippen LogP contribution is -2.34. The summed E-state index contributed by atoms with van der Waals surface area (Å²) < 4.78 is 0. The summed E-state index contributed by atoms with van der Waals surface area (Å²) in [6.45, 7) is 0. The first-order valence-electron chi connectivity index (χ1n) is 7.09. The van der Waals surface area contributed by atoms with Crippen LogP contribution in [0.25, 0.3) is 0 Å². The standard InChI is InChI=1S/C16H18N2O2/c17-15(20)14(19)9-13-12-6-2-1-5-11(12)10-16(18-13)7-3-4-8-16/h1-2,5-6H,3-4,7-10H2,(H2,17,20). The molecule has 0 aromatic heterocycles. The number of ketones is 1. The monoisotopic (exact) mass is 270 g/mol. The molecule has 1 spiro atoms. The van der Waals surface area contributed by atoms with E-state index in [1.54, 1.807) is 0 Å². The van der Waals surface area contributed by atoms with Crippen molar-refractivity contribution in [1.29, 1.82) is 0 Å². The quantitative estimate of drug-likeness (QED) is 0.850. The minimum atomic E-state index is -0.878. The van der Waals surface area contributed by atoms with Crippen molar-refractivity contribution in [3.8, 4) is 0 Å². The van der Waals surface area contributed by atoms with E-state index in [1.807, 2.05) is 18.2 Å². The molecule has 20 heavy (non-hydrogen) atoms. The summed E-state index contributed by atoms with van der Waals surface area (Å²) in [5.74, 6) is -1.44. The van der Waals surface area contributed by atoms with Crippen LogP contribution in [0, 0.1) is 0 Å². The van der Waals surface area contributed by atoms with Crippen molar-refractivity contribution in [2.24, 2.45) is 10.7 Å². The summed E-state index contributed by atoms with van der Waals surface area (Å²) in [5, 5.41) is 0. The lowest BCUT2D eigenvalue weighted by atomic mass is 9.82. The van der Waals surface area contributed by atoms with Crippen LogP contribution in [-0.2, 0) is 16.0 Å². The Kier molecular flexibility index (Phi) is 3.16. The fraction of sp³-hybridized carbons (Fsp3) is 0.438. The molecular formula is C16H18N2O2. The van der Waals surface area contributed by atoms with Gasteiger partial charge < -0.3 is 5.73 Å². The number of nitrogens with two attached hydrogens (primary N) is 1. The molecule has 4 heteroatoms. The zero-order chi connectivity index (χ0) is 14.2. The molecule has 1 amide bonds. The van der Waals surface area contributed by atoms with Crippen LogP contribution in [0.3, 0.4) is 0 Å². The van der Waals surface area contributed by atoms with E-state index in [1.165, 1.54) is 18.4 Å². The number of benzene rings is 1. The topological polar surface area (TPSA) is 72.5 Å².